The zero-order valence-electron chi connectivity index (χ0n) is 9.33. The van der Waals surface area contributed by atoms with Crippen LogP contribution in [-0.2, 0) is 0 Å². The van der Waals surface area contributed by atoms with Crippen LogP contribution in [0.15, 0.2) is 36.4 Å². The Morgan fingerprint density at radius 2 is 1.87 bits per heavy atom. The molecule has 1 aromatic rings. The lowest BCUT2D eigenvalue weighted by molar-refractivity contribution is 0.345. The lowest BCUT2D eigenvalue weighted by atomic mass is 9.75. The summed E-state index contributed by atoms with van der Waals surface area (Å²) in [5.74, 6) is 0. The molecule has 0 heterocycles. The molecule has 0 spiro atoms. The third-order valence-electron chi connectivity index (χ3n) is 3.21. The molecule has 0 saturated carbocycles. The summed E-state index contributed by atoms with van der Waals surface area (Å²) in [6, 6.07) is 10.6. The van der Waals surface area contributed by atoms with Crippen molar-refractivity contribution in [2.45, 2.75) is 32.1 Å². The van der Waals surface area contributed by atoms with E-state index in [0.29, 0.717) is 0 Å². The Morgan fingerprint density at radius 1 is 1.20 bits per heavy atom. The maximum atomic E-state index is 6.32. The summed E-state index contributed by atoms with van der Waals surface area (Å²) >= 11 is 6.32. The monoisotopic (exact) mass is 220 g/mol. The Morgan fingerprint density at radius 3 is 2.47 bits per heavy atom. The third-order valence-corrected chi connectivity index (χ3v) is 3.98. The number of hydrogen-bond acceptors (Lipinski definition) is 0. The molecule has 1 heteroatoms. The van der Waals surface area contributed by atoms with Gasteiger partial charge in [0.2, 0.25) is 0 Å². The average molecular weight is 221 g/mol. The Balaban J connectivity index is 2.26. The van der Waals surface area contributed by atoms with E-state index in [4.69, 9.17) is 11.6 Å². The number of halogens is 1. The zero-order chi connectivity index (χ0) is 10.9. The fraction of sp³-hybridized carbons (Fsp3) is 0.429. The maximum Gasteiger partial charge on any atom is 0.0424 e. The lowest BCUT2D eigenvalue weighted by Crippen LogP contribution is -2.27. The van der Waals surface area contributed by atoms with Crippen LogP contribution in [0.3, 0.4) is 0 Å². The van der Waals surface area contributed by atoms with E-state index in [0.717, 1.165) is 12.8 Å². The minimum absolute atomic E-state index is 0.210. The molecule has 1 atom stereocenters. The van der Waals surface area contributed by atoms with Crippen LogP contribution in [0.1, 0.15) is 32.3 Å². The summed E-state index contributed by atoms with van der Waals surface area (Å²) in [4.78, 5) is 0. The second-order valence-electron chi connectivity index (χ2n) is 4.96. The number of rotatable bonds is 1. The summed E-state index contributed by atoms with van der Waals surface area (Å²) in [5.41, 5.74) is 2.99. The van der Waals surface area contributed by atoms with Crippen LogP contribution in [0.4, 0.5) is 0 Å². The van der Waals surface area contributed by atoms with E-state index in [1.165, 1.54) is 11.1 Å². The highest BCUT2D eigenvalue weighted by molar-refractivity contribution is 6.21. The molecule has 80 valence electrons. The van der Waals surface area contributed by atoms with Gasteiger partial charge in [-0.25, -0.2) is 0 Å². The molecule has 0 saturated heterocycles. The predicted molar refractivity (Wildman–Crippen MR) is 67.1 cm³/mol. The summed E-state index contributed by atoms with van der Waals surface area (Å²) in [7, 11) is 0. The summed E-state index contributed by atoms with van der Waals surface area (Å²) in [5, 5.41) is 0.268. The lowest BCUT2D eigenvalue weighted by Gasteiger charge is -2.34. The van der Waals surface area contributed by atoms with Crippen LogP contribution >= 0.6 is 11.6 Å². The van der Waals surface area contributed by atoms with Gasteiger partial charge in [0, 0.05) is 5.38 Å². The average Bonchev–Trinajstić information content (AvgIpc) is 2.23. The van der Waals surface area contributed by atoms with Gasteiger partial charge in [0.25, 0.3) is 0 Å². The van der Waals surface area contributed by atoms with Gasteiger partial charge in [-0.3, -0.25) is 0 Å². The van der Waals surface area contributed by atoms with Gasteiger partial charge < -0.3 is 0 Å². The van der Waals surface area contributed by atoms with Crippen molar-refractivity contribution in [3.05, 3.63) is 42.0 Å². The van der Waals surface area contributed by atoms with E-state index in [2.05, 4.69) is 50.3 Å². The van der Waals surface area contributed by atoms with E-state index in [1.807, 2.05) is 0 Å². The first kappa shape index (κ1) is 10.8. The highest BCUT2D eigenvalue weighted by atomic mass is 35.5. The van der Waals surface area contributed by atoms with Crippen LogP contribution in [-0.4, -0.2) is 5.38 Å². The fourth-order valence-corrected chi connectivity index (χ4v) is 2.28. The van der Waals surface area contributed by atoms with Crippen molar-refractivity contribution >= 4 is 17.2 Å². The van der Waals surface area contributed by atoms with Crippen LogP contribution in [0.5, 0.6) is 0 Å². The van der Waals surface area contributed by atoms with Gasteiger partial charge in [0.1, 0.15) is 0 Å². The molecule has 0 aromatic heterocycles. The minimum Gasteiger partial charge on any atom is -0.122 e. The van der Waals surface area contributed by atoms with Crippen molar-refractivity contribution < 1.29 is 0 Å². The van der Waals surface area contributed by atoms with Crippen molar-refractivity contribution in [1.82, 2.24) is 0 Å². The fourth-order valence-electron chi connectivity index (χ4n) is 2.11. The van der Waals surface area contributed by atoms with Crippen molar-refractivity contribution in [2.75, 3.05) is 0 Å². The van der Waals surface area contributed by atoms with Crippen molar-refractivity contribution in [3.63, 3.8) is 0 Å². The molecule has 0 bridgehead atoms. The van der Waals surface area contributed by atoms with Crippen LogP contribution in [0.25, 0.3) is 5.57 Å². The van der Waals surface area contributed by atoms with Gasteiger partial charge in [-0.05, 0) is 29.4 Å². The quantitative estimate of drug-likeness (QED) is 0.612. The first-order chi connectivity index (χ1) is 7.09. The van der Waals surface area contributed by atoms with Crippen molar-refractivity contribution in [1.29, 1.82) is 0 Å². The van der Waals surface area contributed by atoms with Crippen LogP contribution < -0.4 is 0 Å². The Labute approximate surface area is 97.0 Å². The van der Waals surface area contributed by atoms with Gasteiger partial charge in [-0.1, -0.05) is 50.3 Å². The normalized spacial score (nSPS) is 24.7. The smallest absolute Gasteiger partial charge is 0.0424 e. The van der Waals surface area contributed by atoms with E-state index in [9.17, 15) is 0 Å². The maximum absolute atomic E-state index is 6.32. The van der Waals surface area contributed by atoms with Gasteiger partial charge in [-0.15, -0.1) is 11.6 Å². The molecule has 0 radical (unpaired) electrons. The van der Waals surface area contributed by atoms with Gasteiger partial charge in [-0.2, -0.15) is 0 Å². The molecule has 1 aliphatic carbocycles. The molecule has 0 N–H and O–H groups in total. The van der Waals surface area contributed by atoms with Crippen LogP contribution in [0.2, 0.25) is 0 Å². The highest BCUT2D eigenvalue weighted by Gasteiger charge is 2.31. The number of benzene rings is 1. The highest BCUT2D eigenvalue weighted by Crippen LogP contribution is 2.42. The second-order valence-corrected chi connectivity index (χ2v) is 5.49. The van der Waals surface area contributed by atoms with E-state index in [1.54, 1.807) is 0 Å². The molecular formula is C14H17Cl. The first-order valence-electron chi connectivity index (χ1n) is 5.48. The van der Waals surface area contributed by atoms with E-state index in [-0.39, 0.29) is 10.8 Å². The number of allylic oxidation sites excluding steroid dienone is 2. The summed E-state index contributed by atoms with van der Waals surface area (Å²) in [6.45, 7) is 4.50. The molecule has 0 nitrogen and oxygen atoms in total. The molecule has 0 fully saturated rings. The topological polar surface area (TPSA) is 0 Å². The Bertz CT molecular complexity index is 362. The molecular weight excluding hydrogens is 204 g/mol. The zero-order valence-corrected chi connectivity index (χ0v) is 10.1. The SMILES string of the molecule is CC1(C)CC(c2ccccc2)=CCC1Cl. The van der Waals surface area contributed by atoms with Gasteiger partial charge in [0.05, 0.1) is 0 Å². The Hall–Kier alpha value is -0.750. The van der Waals surface area contributed by atoms with Gasteiger partial charge >= 0.3 is 0 Å². The van der Waals surface area contributed by atoms with Crippen LogP contribution in [0, 0.1) is 5.41 Å². The third kappa shape index (κ3) is 2.26. The molecule has 1 aromatic carbocycles. The van der Waals surface area contributed by atoms with E-state index >= 15 is 0 Å². The molecule has 0 amide bonds. The summed E-state index contributed by atoms with van der Waals surface area (Å²) in [6.07, 6.45) is 4.35. The molecule has 15 heavy (non-hydrogen) atoms. The Kier molecular flexibility index (Phi) is 2.88. The van der Waals surface area contributed by atoms with E-state index < -0.39 is 0 Å². The second kappa shape index (κ2) is 4.02. The summed E-state index contributed by atoms with van der Waals surface area (Å²) < 4.78 is 0. The number of alkyl halides is 1. The first-order valence-corrected chi connectivity index (χ1v) is 5.92. The molecule has 2 rings (SSSR count). The predicted octanol–water partition coefficient (Wildman–Crippen LogP) is 4.50. The molecule has 1 aliphatic rings. The number of hydrogen-bond donors (Lipinski definition) is 0. The molecule has 0 aliphatic heterocycles. The largest absolute Gasteiger partial charge is 0.122 e. The minimum atomic E-state index is 0.210. The van der Waals surface area contributed by atoms with Crippen molar-refractivity contribution in [3.8, 4) is 0 Å². The standard InChI is InChI=1S/C14H17Cl/c1-14(2)10-12(8-9-13(14)15)11-6-4-3-5-7-11/h3-8,13H,9-10H2,1-2H3. The molecule has 1 unspecified atom stereocenters. The van der Waals surface area contributed by atoms with Gasteiger partial charge in [0.15, 0.2) is 0 Å². The van der Waals surface area contributed by atoms with Crippen molar-refractivity contribution in [2.24, 2.45) is 5.41 Å².